The molecule has 3 saturated carbocycles. The van der Waals surface area contributed by atoms with Gasteiger partial charge in [-0.1, -0.05) is 77.8 Å². The molecular formula is C73H80Cl2N14O16S6. The highest BCUT2D eigenvalue weighted by Gasteiger charge is 2.39. The lowest BCUT2D eigenvalue weighted by molar-refractivity contribution is 0.0701. The topological polar surface area (TPSA) is 467 Å². The quantitative estimate of drug-likeness (QED) is 0.0263. The van der Waals surface area contributed by atoms with Gasteiger partial charge in [0.25, 0.3) is 0 Å². The van der Waals surface area contributed by atoms with Gasteiger partial charge in [-0.3, -0.25) is 26.9 Å². The monoisotopic (exact) mass is 1670 g/mol. The molecule has 0 saturated heterocycles. The van der Waals surface area contributed by atoms with Gasteiger partial charge in [0.05, 0.1) is 92.5 Å². The van der Waals surface area contributed by atoms with E-state index in [2.05, 4.69) is 99.4 Å². The molecule has 588 valence electrons. The van der Waals surface area contributed by atoms with Crippen molar-refractivity contribution >= 4 is 123 Å². The molecule has 0 bridgehead atoms. The number of aromatic nitrogens is 6. The summed E-state index contributed by atoms with van der Waals surface area (Å²) in [5.74, 6) is -0.913. The van der Waals surface area contributed by atoms with E-state index in [-0.39, 0.29) is 79.0 Å². The number of thiophene rings is 3. The minimum absolute atomic E-state index is 0.0313. The summed E-state index contributed by atoms with van der Waals surface area (Å²) in [6.45, 7) is 3.65. The second-order valence-corrected chi connectivity index (χ2v) is 35.7. The predicted molar refractivity (Wildman–Crippen MR) is 418 cm³/mol. The molecule has 6 aromatic heterocycles. The van der Waals surface area contributed by atoms with Crippen LogP contribution in [0.3, 0.4) is 0 Å². The van der Waals surface area contributed by atoms with Crippen LogP contribution in [-0.2, 0) is 67.5 Å². The van der Waals surface area contributed by atoms with Crippen molar-refractivity contribution in [2.75, 3.05) is 55.5 Å². The zero-order chi connectivity index (χ0) is 78.5. The van der Waals surface area contributed by atoms with Crippen molar-refractivity contribution in [1.82, 2.24) is 40.5 Å². The second-order valence-electron chi connectivity index (χ2n) is 27.8. The average molecular weight is 1670 g/mol. The van der Waals surface area contributed by atoms with Gasteiger partial charge in [0.2, 0.25) is 17.3 Å². The third kappa shape index (κ3) is 20.3. The number of aryl methyl sites for hydroxylation is 1. The Labute approximate surface area is 662 Å². The molecule has 3 aromatic carbocycles. The molecule has 0 amide bonds. The Bertz CT molecular complexity index is 5260. The number of nitrogens with zero attached hydrogens (tertiary/aromatic N) is 6. The molecule has 3 fully saturated rings. The number of ether oxygens (including phenoxy) is 1. The van der Waals surface area contributed by atoms with E-state index in [1.165, 1.54) is 93.8 Å². The number of nitrogens with two attached hydrogens (primary N) is 3. The highest BCUT2D eigenvalue weighted by molar-refractivity contribution is 7.84. The molecule has 3 unspecified atom stereocenters. The largest absolute Gasteiger partial charge is 0.393 e. The first-order chi connectivity index (χ1) is 53.1. The summed E-state index contributed by atoms with van der Waals surface area (Å²) in [7, 11) is -12.3. The fourth-order valence-corrected chi connectivity index (χ4v) is 19.5. The van der Waals surface area contributed by atoms with Gasteiger partial charge in [0.15, 0.2) is 0 Å². The number of aliphatic hydroxyl groups excluding tert-OH is 3. The van der Waals surface area contributed by atoms with Crippen LogP contribution < -0.4 is 42.0 Å². The molecule has 0 radical (unpaired) electrons. The third-order valence-electron chi connectivity index (χ3n) is 20.4. The van der Waals surface area contributed by atoms with Gasteiger partial charge < -0.3 is 46.6 Å². The number of halogens is 2. The van der Waals surface area contributed by atoms with Crippen LogP contribution in [-0.4, -0.2) is 164 Å². The minimum Gasteiger partial charge on any atom is -0.393 e. The highest BCUT2D eigenvalue weighted by atomic mass is 35.5. The van der Waals surface area contributed by atoms with Crippen molar-refractivity contribution in [2.45, 2.75) is 119 Å². The fraction of sp³-hybridized carbons (Fsp3) is 0.384. The summed E-state index contributed by atoms with van der Waals surface area (Å²) in [5.41, 5.74) is 10.9. The number of hydrogen-bond donors (Lipinski definition) is 11. The van der Waals surface area contributed by atoms with E-state index in [1.807, 2.05) is 60.8 Å². The van der Waals surface area contributed by atoms with E-state index in [0.29, 0.717) is 97.7 Å². The van der Waals surface area contributed by atoms with Gasteiger partial charge >= 0.3 is 30.9 Å². The number of carbonyl (C=O) groups excluding carboxylic acids is 3. The molecule has 14 N–H and O–H groups in total. The van der Waals surface area contributed by atoms with Crippen LogP contribution >= 0.6 is 57.2 Å². The Morgan fingerprint density at radius 3 is 1.46 bits per heavy atom. The molecule has 3 aliphatic carbocycles. The number of anilines is 3. The number of carbonyl (C=O) groups is 3. The maximum absolute atomic E-state index is 13.6. The number of rotatable bonds is 24. The lowest BCUT2D eigenvalue weighted by Gasteiger charge is -2.27. The predicted octanol–water partition coefficient (Wildman–Crippen LogP) is 7.37. The van der Waals surface area contributed by atoms with Gasteiger partial charge in [0.1, 0.15) is 42.5 Å². The Morgan fingerprint density at radius 2 is 0.964 bits per heavy atom. The SMILES string of the molecule is Cc1sc(C(=O)c2cncnc2N[C@@H]2C[C@H](COS(N)(=O)=O)[C@@H](O)C2)cc1C1NCCc2ccccc21.NS(=O)(=O)OC[C@H]1C[C@@H](Nc2ncncc2C(=O)c2cc(C3NCCc4ccc(Cl)cc43)c(Cl)s2)C[C@@H]1O.NS(=O)(=O)OC[C@H]1C[C@@H](Nc2ncncc2C(=O)c2cc(C3OCCc4ccccc43)cs2)C[C@@H]1O. The van der Waals surface area contributed by atoms with Gasteiger partial charge in [-0.05, 0) is 145 Å². The van der Waals surface area contributed by atoms with Crippen LogP contribution in [0.1, 0.15) is 157 Å². The Hall–Kier alpha value is -7.64. The third-order valence-corrected chi connectivity index (χ3v) is 25.4. The summed E-state index contributed by atoms with van der Waals surface area (Å²) in [6, 6.07) is 27.1. The molecule has 3 aliphatic heterocycles. The van der Waals surface area contributed by atoms with Crippen LogP contribution in [0.2, 0.25) is 9.36 Å². The molecular weight excluding hydrogens is 1590 g/mol. The van der Waals surface area contributed by atoms with Crippen molar-refractivity contribution < 1.29 is 72.2 Å². The first-order valence-corrected chi connectivity index (χ1v) is 43.1. The molecule has 12 atom stereocenters. The van der Waals surface area contributed by atoms with Gasteiger partial charge in [-0.15, -0.1) is 34.0 Å². The van der Waals surface area contributed by atoms with Crippen LogP contribution in [0.5, 0.6) is 0 Å². The van der Waals surface area contributed by atoms with Crippen molar-refractivity contribution in [2.24, 2.45) is 33.2 Å². The zero-order valence-corrected chi connectivity index (χ0v) is 65.8. The molecule has 30 nitrogen and oxygen atoms in total. The maximum atomic E-state index is 13.6. The Kier molecular flexibility index (Phi) is 26.0. The van der Waals surface area contributed by atoms with Crippen LogP contribution in [0.4, 0.5) is 17.5 Å². The van der Waals surface area contributed by atoms with Crippen molar-refractivity contribution in [3.05, 3.63) is 224 Å². The van der Waals surface area contributed by atoms with Gasteiger partial charge in [-0.25, -0.2) is 45.3 Å². The molecule has 111 heavy (non-hydrogen) atoms. The molecule has 6 aliphatic rings. The van der Waals surface area contributed by atoms with Crippen LogP contribution in [0.15, 0.2) is 128 Å². The number of aliphatic hydroxyl groups is 3. The lowest BCUT2D eigenvalue weighted by atomic mass is 9.90. The summed E-state index contributed by atoms with van der Waals surface area (Å²) in [4.78, 5) is 68.2. The summed E-state index contributed by atoms with van der Waals surface area (Å²) in [5, 5.41) is 65.0. The molecule has 0 spiro atoms. The first kappa shape index (κ1) is 81.4. The minimum atomic E-state index is -4.11. The summed E-state index contributed by atoms with van der Waals surface area (Å²) < 4.78 is 87.1. The van der Waals surface area contributed by atoms with Crippen molar-refractivity contribution in [3.63, 3.8) is 0 Å². The summed E-state index contributed by atoms with van der Waals surface area (Å²) in [6.07, 6.45) is 10.9. The average Bonchev–Trinajstić information content (AvgIpc) is 1.37. The first-order valence-electron chi connectivity index (χ1n) is 35.5. The zero-order valence-electron chi connectivity index (χ0n) is 59.4. The molecule has 15 rings (SSSR count). The van der Waals surface area contributed by atoms with Gasteiger partial charge in [0, 0.05) is 83.0 Å². The maximum Gasteiger partial charge on any atom is 0.333 e. The standard InChI is InChI=1S/C25H29N5O5S2.C24H25Cl2N5O5S2.C24H26N4O6S2/c1-14-19(23-18-5-3-2-4-15(18)6-7-28-23)10-22(36-14)24(32)20-11-27-13-29-25(20)30-17-8-16(21(31)9-17)12-35-37(26,33)34;25-14-2-1-12-3-4-29-21(16(12)6-14)17-8-20(37-23(17)26)22(33)18-9-28-11-30-24(18)31-15-5-13(19(32)7-15)10-36-38(27,34)35;25-36(31,32)34-11-15-7-17(9-20(15)29)28-24-19(10-26-13-27-24)22(30)21-8-16(12-35-21)23-18-4-2-1-3-14(18)5-6-33-23/h2-5,10-11,13,16-17,21,23,28,31H,6-9,12H2,1H3,(H2,26,33,34)(H,27,29,30);1-2,6,8-9,11,13,15,19,21,29,32H,3-5,7,10H2,(H2,27,34,35)(H,28,30,31);1-4,8,10,12-13,15,17,20,23,29H,5-7,9,11H2,(H2,25,31,32)(H,26,27,28)/t16-,17-,21+,23?;13-,15-,19+,21?;15-,17-,20+,23?/m111/s1. The molecule has 9 aromatic rings. The second kappa shape index (κ2) is 35.4. The van der Waals surface area contributed by atoms with Crippen LogP contribution in [0, 0.1) is 24.7 Å². The number of fused-ring (bicyclic) bond motifs is 3. The van der Waals surface area contributed by atoms with Crippen LogP contribution in [0.25, 0.3) is 0 Å². The van der Waals surface area contributed by atoms with E-state index in [4.69, 9.17) is 43.4 Å². The van der Waals surface area contributed by atoms with Gasteiger partial charge in [-0.2, -0.15) is 25.3 Å². The number of hydrogen-bond acceptors (Lipinski definition) is 30. The van der Waals surface area contributed by atoms with E-state index >= 15 is 0 Å². The molecule has 9 heterocycles. The Balaban J connectivity index is 0.000000146. The fourth-order valence-electron chi connectivity index (χ4n) is 15.0. The van der Waals surface area contributed by atoms with E-state index in [9.17, 15) is 55.0 Å². The summed E-state index contributed by atoms with van der Waals surface area (Å²) >= 11 is 16.9. The van der Waals surface area contributed by atoms with Crippen molar-refractivity contribution in [1.29, 1.82) is 0 Å². The molecule has 38 heteroatoms. The number of nitrogens with one attached hydrogen (secondary N) is 5. The lowest BCUT2D eigenvalue weighted by Crippen LogP contribution is -2.30. The Morgan fingerprint density at radius 1 is 0.532 bits per heavy atom. The van der Waals surface area contributed by atoms with E-state index in [0.717, 1.165) is 65.0 Å². The van der Waals surface area contributed by atoms with E-state index in [1.54, 1.807) is 6.07 Å². The van der Waals surface area contributed by atoms with Crippen molar-refractivity contribution in [3.8, 4) is 0 Å². The number of benzene rings is 3. The normalized spacial score (nSPS) is 23.5. The smallest absolute Gasteiger partial charge is 0.333 e. The van der Waals surface area contributed by atoms with E-state index < -0.39 is 67.0 Å². The number of ketones is 3. The highest BCUT2D eigenvalue weighted by Crippen LogP contribution is 2.43.